The largest absolute Gasteiger partial charge is 0.467 e. The smallest absolute Gasteiger partial charge is 0.147 e. The van der Waals surface area contributed by atoms with E-state index >= 15 is 0 Å². The summed E-state index contributed by atoms with van der Waals surface area (Å²) in [6.07, 6.45) is 3.26. The number of nitrogens with zero attached hydrogens (tertiary/aromatic N) is 2. The molecule has 5 heteroatoms. The highest BCUT2D eigenvalue weighted by Gasteiger charge is 2.10. The Morgan fingerprint density at radius 3 is 2.77 bits per heavy atom. The summed E-state index contributed by atoms with van der Waals surface area (Å²) >= 11 is 1.70. The van der Waals surface area contributed by atoms with Crippen LogP contribution in [0.15, 0.2) is 65.5 Å². The van der Waals surface area contributed by atoms with E-state index < -0.39 is 0 Å². The topological polar surface area (TPSA) is 51.0 Å². The third-order valence-electron chi connectivity index (χ3n) is 3.38. The van der Waals surface area contributed by atoms with Gasteiger partial charge in [-0.25, -0.2) is 9.97 Å². The van der Waals surface area contributed by atoms with E-state index in [1.165, 1.54) is 10.4 Å². The number of benzene rings is 1. The van der Waals surface area contributed by atoms with Crippen LogP contribution in [0.25, 0.3) is 20.7 Å². The van der Waals surface area contributed by atoms with Crippen molar-refractivity contribution in [2.24, 2.45) is 0 Å². The van der Waals surface area contributed by atoms with Crippen LogP contribution in [0.1, 0.15) is 5.76 Å². The van der Waals surface area contributed by atoms with E-state index in [9.17, 15) is 0 Å². The van der Waals surface area contributed by atoms with Gasteiger partial charge in [0.25, 0.3) is 0 Å². The number of thiophene rings is 1. The summed E-state index contributed by atoms with van der Waals surface area (Å²) in [6.45, 7) is 0.609. The van der Waals surface area contributed by atoms with Crippen molar-refractivity contribution in [2.45, 2.75) is 6.54 Å². The van der Waals surface area contributed by atoms with Crippen molar-refractivity contribution in [1.82, 2.24) is 9.97 Å². The molecule has 1 aromatic carbocycles. The normalized spacial score (nSPS) is 10.9. The highest BCUT2D eigenvalue weighted by molar-refractivity contribution is 7.22. The Labute approximate surface area is 131 Å². The van der Waals surface area contributed by atoms with Gasteiger partial charge >= 0.3 is 0 Å². The SMILES string of the molecule is c1ccc(-c2cc3ncnc(NCc4ccco4)c3s2)cc1. The van der Waals surface area contributed by atoms with Crippen molar-refractivity contribution in [1.29, 1.82) is 0 Å². The maximum atomic E-state index is 5.34. The second-order valence-electron chi connectivity index (χ2n) is 4.85. The van der Waals surface area contributed by atoms with Gasteiger partial charge in [0.2, 0.25) is 0 Å². The Morgan fingerprint density at radius 1 is 1.05 bits per heavy atom. The fourth-order valence-corrected chi connectivity index (χ4v) is 3.39. The maximum Gasteiger partial charge on any atom is 0.147 e. The first-order valence-corrected chi connectivity index (χ1v) is 7.78. The predicted molar refractivity (Wildman–Crippen MR) is 88.9 cm³/mol. The van der Waals surface area contributed by atoms with Crippen LogP contribution in [0, 0.1) is 0 Å². The van der Waals surface area contributed by atoms with Crippen LogP contribution < -0.4 is 5.32 Å². The van der Waals surface area contributed by atoms with Gasteiger partial charge in [0.1, 0.15) is 17.9 Å². The first-order chi connectivity index (χ1) is 10.9. The van der Waals surface area contributed by atoms with E-state index in [1.54, 1.807) is 23.9 Å². The summed E-state index contributed by atoms with van der Waals surface area (Å²) < 4.78 is 6.40. The van der Waals surface area contributed by atoms with Gasteiger partial charge in [-0.3, -0.25) is 0 Å². The molecule has 4 rings (SSSR count). The molecule has 0 aliphatic rings. The minimum atomic E-state index is 0.609. The van der Waals surface area contributed by atoms with Gasteiger partial charge in [0.05, 0.1) is 23.0 Å². The number of rotatable bonds is 4. The van der Waals surface area contributed by atoms with E-state index in [0.29, 0.717) is 6.54 Å². The molecule has 0 spiro atoms. The minimum Gasteiger partial charge on any atom is -0.467 e. The lowest BCUT2D eigenvalue weighted by Crippen LogP contribution is -2.00. The lowest BCUT2D eigenvalue weighted by atomic mass is 10.2. The van der Waals surface area contributed by atoms with Crippen molar-refractivity contribution < 1.29 is 4.42 Å². The van der Waals surface area contributed by atoms with Gasteiger partial charge in [-0.15, -0.1) is 11.3 Å². The molecule has 0 radical (unpaired) electrons. The first-order valence-electron chi connectivity index (χ1n) is 6.96. The number of anilines is 1. The molecule has 0 atom stereocenters. The van der Waals surface area contributed by atoms with E-state index in [1.807, 2.05) is 30.3 Å². The highest BCUT2D eigenvalue weighted by atomic mass is 32.1. The zero-order valence-electron chi connectivity index (χ0n) is 11.7. The standard InChI is InChI=1S/C17H13N3OS/c1-2-5-12(6-3-1)15-9-14-16(22-15)17(20-11-19-14)18-10-13-7-4-8-21-13/h1-9,11H,10H2,(H,18,19,20). The number of hydrogen-bond acceptors (Lipinski definition) is 5. The minimum absolute atomic E-state index is 0.609. The Balaban J connectivity index is 1.69. The second-order valence-corrected chi connectivity index (χ2v) is 5.90. The molecule has 3 heterocycles. The quantitative estimate of drug-likeness (QED) is 0.600. The molecular formula is C17H13N3OS. The highest BCUT2D eigenvalue weighted by Crippen LogP contribution is 2.35. The number of hydrogen-bond donors (Lipinski definition) is 1. The molecule has 1 N–H and O–H groups in total. The number of nitrogens with one attached hydrogen (secondary N) is 1. The lowest BCUT2D eigenvalue weighted by Gasteiger charge is -2.03. The van der Waals surface area contributed by atoms with Gasteiger partial charge in [-0.05, 0) is 23.8 Å². The molecule has 22 heavy (non-hydrogen) atoms. The van der Waals surface area contributed by atoms with Gasteiger partial charge in [0, 0.05) is 4.88 Å². The maximum absolute atomic E-state index is 5.34. The number of aromatic nitrogens is 2. The van der Waals surface area contributed by atoms with Crippen molar-refractivity contribution in [2.75, 3.05) is 5.32 Å². The van der Waals surface area contributed by atoms with Crippen LogP contribution in [0.4, 0.5) is 5.82 Å². The van der Waals surface area contributed by atoms with Crippen LogP contribution in [-0.4, -0.2) is 9.97 Å². The molecule has 0 saturated heterocycles. The molecule has 0 bridgehead atoms. The predicted octanol–water partition coefficient (Wildman–Crippen LogP) is 4.56. The van der Waals surface area contributed by atoms with E-state index in [4.69, 9.17) is 4.42 Å². The van der Waals surface area contributed by atoms with Gasteiger partial charge in [0.15, 0.2) is 0 Å². The third kappa shape index (κ3) is 2.46. The summed E-state index contributed by atoms with van der Waals surface area (Å²) in [6, 6.07) is 16.2. The number of furan rings is 1. The molecule has 3 aromatic heterocycles. The second kappa shape index (κ2) is 5.61. The van der Waals surface area contributed by atoms with E-state index in [2.05, 4.69) is 33.5 Å². The molecule has 108 valence electrons. The average molecular weight is 307 g/mol. The average Bonchev–Trinajstić information content (AvgIpc) is 3.23. The molecule has 0 aliphatic heterocycles. The molecular weight excluding hydrogens is 294 g/mol. The van der Waals surface area contributed by atoms with Crippen molar-refractivity contribution in [3.05, 3.63) is 66.9 Å². The molecule has 0 fully saturated rings. The summed E-state index contributed by atoms with van der Waals surface area (Å²) in [4.78, 5) is 9.92. The Kier molecular flexibility index (Phi) is 3.33. The lowest BCUT2D eigenvalue weighted by molar-refractivity contribution is 0.518. The van der Waals surface area contributed by atoms with Crippen LogP contribution >= 0.6 is 11.3 Å². The summed E-state index contributed by atoms with van der Waals surface area (Å²) in [5.74, 6) is 1.72. The molecule has 0 unspecified atom stereocenters. The summed E-state index contributed by atoms with van der Waals surface area (Å²) in [5, 5.41) is 3.32. The Hall–Kier alpha value is -2.66. The Morgan fingerprint density at radius 2 is 1.95 bits per heavy atom. The van der Waals surface area contributed by atoms with Gasteiger partial charge in [-0.1, -0.05) is 30.3 Å². The molecule has 0 aliphatic carbocycles. The van der Waals surface area contributed by atoms with Gasteiger partial charge in [-0.2, -0.15) is 0 Å². The van der Waals surface area contributed by atoms with E-state index in [0.717, 1.165) is 21.8 Å². The van der Waals surface area contributed by atoms with Crippen LogP contribution in [-0.2, 0) is 6.54 Å². The summed E-state index contributed by atoms with van der Waals surface area (Å²) in [5.41, 5.74) is 2.16. The van der Waals surface area contributed by atoms with Crippen LogP contribution in [0.5, 0.6) is 0 Å². The fourth-order valence-electron chi connectivity index (χ4n) is 2.31. The summed E-state index contributed by atoms with van der Waals surface area (Å²) in [7, 11) is 0. The van der Waals surface area contributed by atoms with Crippen molar-refractivity contribution >= 4 is 27.4 Å². The van der Waals surface area contributed by atoms with Crippen LogP contribution in [0.3, 0.4) is 0 Å². The zero-order valence-corrected chi connectivity index (χ0v) is 12.5. The molecule has 0 saturated carbocycles. The molecule has 4 nitrogen and oxygen atoms in total. The van der Waals surface area contributed by atoms with Crippen LogP contribution in [0.2, 0.25) is 0 Å². The molecule has 4 aromatic rings. The monoisotopic (exact) mass is 307 g/mol. The van der Waals surface area contributed by atoms with E-state index in [-0.39, 0.29) is 0 Å². The molecule has 0 amide bonds. The fraction of sp³-hybridized carbons (Fsp3) is 0.0588. The van der Waals surface area contributed by atoms with Crippen molar-refractivity contribution in [3.8, 4) is 10.4 Å². The number of fused-ring (bicyclic) bond motifs is 1. The third-order valence-corrected chi connectivity index (χ3v) is 4.56. The van der Waals surface area contributed by atoms with Gasteiger partial charge < -0.3 is 9.73 Å². The zero-order chi connectivity index (χ0) is 14.8. The Bertz CT molecular complexity index is 885. The first kappa shape index (κ1) is 13.0. The van der Waals surface area contributed by atoms with Crippen molar-refractivity contribution in [3.63, 3.8) is 0 Å².